The van der Waals surface area contributed by atoms with Crippen LogP contribution in [-0.2, 0) is 17.9 Å². The Kier molecular flexibility index (Phi) is 4.91. The summed E-state index contributed by atoms with van der Waals surface area (Å²) in [4.78, 5) is 24.2. The van der Waals surface area contributed by atoms with E-state index >= 15 is 0 Å². The van der Waals surface area contributed by atoms with Crippen molar-refractivity contribution in [2.75, 3.05) is 0 Å². The van der Waals surface area contributed by atoms with Gasteiger partial charge in [-0.3, -0.25) is 9.59 Å². The third kappa shape index (κ3) is 3.64. The van der Waals surface area contributed by atoms with Crippen LogP contribution < -0.4 is 10.9 Å². The minimum Gasteiger partial charge on any atom is -0.350 e. The molecule has 1 amide bonds. The highest BCUT2D eigenvalue weighted by atomic mass is 16.2. The van der Waals surface area contributed by atoms with Crippen molar-refractivity contribution in [2.24, 2.45) is 0 Å². The molecule has 2 rings (SSSR count). The minimum absolute atomic E-state index is 0.0317. The van der Waals surface area contributed by atoms with Crippen molar-refractivity contribution >= 4 is 5.91 Å². The van der Waals surface area contributed by atoms with E-state index in [9.17, 15) is 9.59 Å². The van der Waals surface area contributed by atoms with Gasteiger partial charge in [0.25, 0.3) is 5.56 Å². The predicted octanol–water partition coefficient (Wildman–Crippen LogP) is 1.36. The van der Waals surface area contributed by atoms with Gasteiger partial charge in [-0.15, -0.1) is 0 Å². The van der Waals surface area contributed by atoms with Gasteiger partial charge < -0.3 is 5.32 Å². The third-order valence-corrected chi connectivity index (χ3v) is 3.78. The van der Waals surface area contributed by atoms with Gasteiger partial charge in [-0.2, -0.15) is 10.4 Å². The number of carbonyl (C=O) groups is 1. The molecule has 0 aliphatic heterocycles. The second kappa shape index (κ2) is 6.88. The lowest BCUT2D eigenvalue weighted by atomic mass is 10.1. The molecular weight excluding hydrogens is 292 g/mol. The molecular formula is C17H18N4O2. The molecule has 0 radical (unpaired) electrons. The average molecular weight is 310 g/mol. The van der Waals surface area contributed by atoms with Crippen LogP contribution in [0.1, 0.15) is 27.9 Å². The Balaban J connectivity index is 2.13. The SMILES string of the molecule is Cc1ccccc1CNC(=O)Cn1nc(C)c(C)c(C#N)c1=O. The smallest absolute Gasteiger partial charge is 0.285 e. The van der Waals surface area contributed by atoms with E-state index in [2.05, 4.69) is 10.4 Å². The number of nitrogens with zero attached hydrogens (tertiary/aromatic N) is 3. The number of carbonyl (C=O) groups excluding carboxylic acids is 1. The predicted molar refractivity (Wildman–Crippen MR) is 85.7 cm³/mol. The van der Waals surface area contributed by atoms with Crippen LogP contribution in [0.2, 0.25) is 0 Å². The molecule has 0 atom stereocenters. The zero-order chi connectivity index (χ0) is 17.0. The molecule has 1 N–H and O–H groups in total. The Bertz CT molecular complexity index is 847. The van der Waals surface area contributed by atoms with Gasteiger partial charge in [-0.1, -0.05) is 24.3 Å². The summed E-state index contributed by atoms with van der Waals surface area (Å²) in [6, 6.07) is 9.62. The van der Waals surface area contributed by atoms with Gasteiger partial charge in [0.2, 0.25) is 5.91 Å². The molecule has 118 valence electrons. The summed E-state index contributed by atoms with van der Waals surface area (Å²) in [6.45, 7) is 5.52. The lowest BCUT2D eigenvalue weighted by molar-refractivity contribution is -0.122. The second-order valence-corrected chi connectivity index (χ2v) is 5.36. The fourth-order valence-corrected chi connectivity index (χ4v) is 2.20. The molecule has 0 unspecified atom stereocenters. The van der Waals surface area contributed by atoms with Gasteiger partial charge >= 0.3 is 0 Å². The standard InChI is InChI=1S/C17H18N4O2/c1-11-6-4-5-7-14(11)9-19-16(22)10-21-17(23)15(8-18)12(2)13(3)20-21/h4-7H,9-10H2,1-3H3,(H,19,22). The van der Waals surface area contributed by atoms with Gasteiger partial charge in [-0.05, 0) is 37.5 Å². The Hall–Kier alpha value is -2.94. The van der Waals surface area contributed by atoms with Crippen LogP contribution in [0.5, 0.6) is 0 Å². The molecule has 1 aromatic carbocycles. The van der Waals surface area contributed by atoms with Crippen LogP contribution in [0, 0.1) is 32.1 Å². The van der Waals surface area contributed by atoms with Crippen molar-refractivity contribution < 1.29 is 4.79 Å². The van der Waals surface area contributed by atoms with Gasteiger partial charge in [0.1, 0.15) is 18.2 Å². The first-order valence-corrected chi connectivity index (χ1v) is 7.23. The summed E-state index contributed by atoms with van der Waals surface area (Å²) in [6.07, 6.45) is 0. The van der Waals surface area contributed by atoms with Gasteiger partial charge in [0.15, 0.2) is 0 Å². The highest BCUT2D eigenvalue weighted by Gasteiger charge is 2.13. The largest absolute Gasteiger partial charge is 0.350 e. The summed E-state index contributed by atoms with van der Waals surface area (Å²) < 4.78 is 1.04. The highest BCUT2D eigenvalue weighted by Crippen LogP contribution is 2.06. The maximum Gasteiger partial charge on any atom is 0.285 e. The van der Waals surface area contributed by atoms with Gasteiger partial charge in [0.05, 0.1) is 5.69 Å². The molecule has 0 saturated heterocycles. The van der Waals surface area contributed by atoms with Crippen LogP contribution in [0.25, 0.3) is 0 Å². The number of aryl methyl sites for hydroxylation is 2. The quantitative estimate of drug-likeness (QED) is 0.923. The van der Waals surface area contributed by atoms with Crippen molar-refractivity contribution in [3.8, 4) is 6.07 Å². The molecule has 0 aliphatic rings. The van der Waals surface area contributed by atoms with Gasteiger partial charge in [-0.25, -0.2) is 4.68 Å². The first-order valence-electron chi connectivity index (χ1n) is 7.23. The van der Waals surface area contributed by atoms with E-state index in [1.165, 1.54) is 0 Å². The lowest BCUT2D eigenvalue weighted by Crippen LogP contribution is -2.35. The Morgan fingerprint density at radius 1 is 1.30 bits per heavy atom. The number of benzene rings is 1. The molecule has 0 spiro atoms. The molecule has 1 heterocycles. The lowest BCUT2D eigenvalue weighted by Gasteiger charge is -2.10. The van der Waals surface area contributed by atoms with Crippen molar-refractivity contribution in [3.63, 3.8) is 0 Å². The molecule has 0 saturated carbocycles. The number of rotatable bonds is 4. The number of hydrogen-bond acceptors (Lipinski definition) is 4. The minimum atomic E-state index is -0.540. The zero-order valence-electron chi connectivity index (χ0n) is 13.4. The highest BCUT2D eigenvalue weighted by molar-refractivity contribution is 5.75. The Morgan fingerprint density at radius 2 is 2.00 bits per heavy atom. The van der Waals surface area contributed by atoms with E-state index in [4.69, 9.17) is 5.26 Å². The first-order chi connectivity index (χ1) is 10.9. The maximum absolute atomic E-state index is 12.1. The topological polar surface area (TPSA) is 87.8 Å². The Labute approximate surface area is 134 Å². The fourth-order valence-electron chi connectivity index (χ4n) is 2.20. The molecule has 1 aromatic heterocycles. The van der Waals surface area contributed by atoms with E-state index in [0.29, 0.717) is 17.8 Å². The summed E-state index contributed by atoms with van der Waals surface area (Å²) in [5.41, 5.74) is 2.70. The first kappa shape index (κ1) is 16.4. The number of nitrogens with one attached hydrogen (secondary N) is 1. The molecule has 6 heteroatoms. The Morgan fingerprint density at radius 3 is 2.65 bits per heavy atom. The van der Waals surface area contributed by atoms with Crippen LogP contribution >= 0.6 is 0 Å². The molecule has 6 nitrogen and oxygen atoms in total. The number of hydrogen-bond donors (Lipinski definition) is 1. The number of amides is 1. The van der Waals surface area contributed by atoms with Crippen molar-refractivity contribution in [3.05, 3.63) is 62.6 Å². The molecule has 0 aliphatic carbocycles. The third-order valence-electron chi connectivity index (χ3n) is 3.78. The molecule has 2 aromatic rings. The number of nitriles is 1. The van der Waals surface area contributed by atoms with Crippen molar-refractivity contribution in [1.82, 2.24) is 15.1 Å². The van der Waals surface area contributed by atoms with Crippen LogP contribution in [0.3, 0.4) is 0 Å². The van der Waals surface area contributed by atoms with Crippen molar-refractivity contribution in [1.29, 1.82) is 5.26 Å². The maximum atomic E-state index is 12.1. The van der Waals surface area contributed by atoms with Crippen molar-refractivity contribution in [2.45, 2.75) is 33.9 Å². The monoisotopic (exact) mass is 310 g/mol. The number of aromatic nitrogens is 2. The summed E-state index contributed by atoms with van der Waals surface area (Å²) >= 11 is 0. The summed E-state index contributed by atoms with van der Waals surface area (Å²) in [7, 11) is 0. The summed E-state index contributed by atoms with van der Waals surface area (Å²) in [5, 5.41) is 15.9. The second-order valence-electron chi connectivity index (χ2n) is 5.36. The van der Waals surface area contributed by atoms with Crippen LogP contribution in [-0.4, -0.2) is 15.7 Å². The molecule has 23 heavy (non-hydrogen) atoms. The van der Waals surface area contributed by atoms with E-state index < -0.39 is 5.56 Å². The van der Waals surface area contributed by atoms with E-state index in [0.717, 1.165) is 15.8 Å². The zero-order valence-corrected chi connectivity index (χ0v) is 13.4. The van der Waals surface area contributed by atoms with E-state index in [1.807, 2.05) is 37.3 Å². The van der Waals surface area contributed by atoms with E-state index in [-0.39, 0.29) is 18.0 Å². The van der Waals surface area contributed by atoms with Gasteiger partial charge in [0, 0.05) is 6.54 Å². The van der Waals surface area contributed by atoms with E-state index in [1.54, 1.807) is 13.8 Å². The average Bonchev–Trinajstić information content (AvgIpc) is 2.52. The van der Waals surface area contributed by atoms with Crippen LogP contribution in [0.4, 0.5) is 0 Å². The van der Waals surface area contributed by atoms with Crippen LogP contribution in [0.15, 0.2) is 29.1 Å². The summed E-state index contributed by atoms with van der Waals surface area (Å²) in [5.74, 6) is -0.324. The fraction of sp³-hybridized carbons (Fsp3) is 0.294. The molecule has 0 fully saturated rings. The normalized spacial score (nSPS) is 10.2. The molecule has 0 bridgehead atoms.